The molecular weight excluding hydrogens is 280 g/mol. The van der Waals surface area contributed by atoms with E-state index in [0.29, 0.717) is 5.56 Å². The fraction of sp³-hybridized carbons (Fsp3) is 0.529. The Bertz CT molecular complexity index is 576. The van der Waals surface area contributed by atoms with Crippen molar-refractivity contribution in [1.29, 1.82) is 0 Å². The molecule has 5 nitrogen and oxygen atoms in total. The van der Waals surface area contributed by atoms with Crippen molar-refractivity contribution in [2.45, 2.75) is 38.7 Å². The average molecular weight is 304 g/mol. The lowest BCUT2D eigenvalue weighted by molar-refractivity contribution is -0.131. The van der Waals surface area contributed by atoms with Gasteiger partial charge in [0.2, 0.25) is 5.91 Å². The number of hydrogen-bond acceptors (Lipinski definition) is 3. The highest BCUT2D eigenvalue weighted by Gasteiger charge is 2.20. The first-order valence-electron chi connectivity index (χ1n) is 7.62. The Hall–Kier alpha value is -1.88. The van der Waals surface area contributed by atoms with Gasteiger partial charge in [0.25, 0.3) is 5.91 Å². The summed E-state index contributed by atoms with van der Waals surface area (Å²) in [4.78, 5) is 25.5. The Labute approximate surface area is 131 Å². The van der Waals surface area contributed by atoms with E-state index in [0.717, 1.165) is 19.3 Å². The third-order valence-corrected chi connectivity index (χ3v) is 3.81. The molecule has 2 rings (SSSR count). The molecule has 1 aromatic carbocycles. The molecule has 5 heteroatoms. The Morgan fingerprint density at radius 3 is 2.64 bits per heavy atom. The molecule has 1 aliphatic carbocycles. The number of carbonyl (C=O) groups is 2. The third-order valence-electron chi connectivity index (χ3n) is 3.81. The normalized spacial score (nSPS) is 13.6. The summed E-state index contributed by atoms with van der Waals surface area (Å²) in [6.07, 6.45) is 3.24. The van der Waals surface area contributed by atoms with Crippen molar-refractivity contribution in [2.24, 2.45) is 0 Å². The van der Waals surface area contributed by atoms with Crippen molar-refractivity contribution in [2.75, 3.05) is 20.1 Å². The first kappa shape index (κ1) is 16.5. The van der Waals surface area contributed by atoms with Crippen molar-refractivity contribution in [3.63, 3.8) is 0 Å². The first-order valence-corrected chi connectivity index (χ1v) is 7.62. The summed E-state index contributed by atoms with van der Waals surface area (Å²) in [5.41, 5.74) is 2.20. The molecule has 0 fully saturated rings. The van der Waals surface area contributed by atoms with Gasteiger partial charge in [0, 0.05) is 19.2 Å². The summed E-state index contributed by atoms with van der Waals surface area (Å²) in [6.45, 7) is 3.43. The van der Waals surface area contributed by atoms with Crippen LogP contribution in [0.3, 0.4) is 0 Å². The van der Waals surface area contributed by atoms with Gasteiger partial charge in [0.05, 0.1) is 12.1 Å². The van der Waals surface area contributed by atoms with Gasteiger partial charge in [0.1, 0.15) is 0 Å². The Kier molecular flexibility index (Phi) is 4.86. The number of nitrogens with one attached hydrogen (secondary N) is 1. The van der Waals surface area contributed by atoms with E-state index in [9.17, 15) is 14.7 Å². The van der Waals surface area contributed by atoms with Crippen LogP contribution < -0.4 is 5.32 Å². The zero-order valence-corrected chi connectivity index (χ0v) is 13.5. The van der Waals surface area contributed by atoms with Crippen molar-refractivity contribution >= 4 is 11.8 Å². The minimum Gasteiger partial charge on any atom is -0.389 e. The van der Waals surface area contributed by atoms with Gasteiger partial charge in [0.15, 0.2) is 0 Å². The van der Waals surface area contributed by atoms with E-state index in [2.05, 4.69) is 5.32 Å². The molecule has 2 amide bonds. The van der Waals surface area contributed by atoms with Gasteiger partial charge in [-0.05, 0) is 56.4 Å². The van der Waals surface area contributed by atoms with Crippen LogP contribution in [0, 0.1) is 0 Å². The molecule has 0 unspecified atom stereocenters. The summed E-state index contributed by atoms with van der Waals surface area (Å²) in [7, 11) is 1.61. The van der Waals surface area contributed by atoms with E-state index >= 15 is 0 Å². The lowest BCUT2D eigenvalue weighted by Gasteiger charge is -2.25. The third kappa shape index (κ3) is 4.31. The van der Waals surface area contributed by atoms with Crippen LogP contribution in [0.5, 0.6) is 0 Å². The molecule has 0 saturated heterocycles. The van der Waals surface area contributed by atoms with Crippen molar-refractivity contribution < 1.29 is 14.7 Å². The van der Waals surface area contributed by atoms with Gasteiger partial charge >= 0.3 is 0 Å². The second-order valence-electron chi connectivity index (χ2n) is 6.58. The molecule has 2 N–H and O–H groups in total. The molecule has 0 bridgehead atoms. The SMILES string of the molecule is CN(CC(C)(C)O)C(=O)CNC(=O)c1ccc2c(c1)CCC2. The van der Waals surface area contributed by atoms with E-state index in [1.165, 1.54) is 16.0 Å². The Morgan fingerprint density at radius 1 is 1.27 bits per heavy atom. The molecule has 0 aliphatic heterocycles. The lowest BCUT2D eigenvalue weighted by Crippen LogP contribution is -2.44. The number of rotatable bonds is 5. The zero-order valence-electron chi connectivity index (χ0n) is 13.5. The smallest absolute Gasteiger partial charge is 0.251 e. The monoisotopic (exact) mass is 304 g/mol. The number of aryl methyl sites for hydroxylation is 2. The number of hydrogen-bond donors (Lipinski definition) is 2. The second-order valence-corrected chi connectivity index (χ2v) is 6.58. The van der Waals surface area contributed by atoms with Crippen molar-refractivity contribution in [3.05, 3.63) is 34.9 Å². The maximum Gasteiger partial charge on any atom is 0.251 e. The number of benzene rings is 1. The zero-order chi connectivity index (χ0) is 16.3. The minimum atomic E-state index is -0.950. The van der Waals surface area contributed by atoms with Crippen LogP contribution in [0.15, 0.2) is 18.2 Å². The van der Waals surface area contributed by atoms with E-state index < -0.39 is 5.60 Å². The molecule has 22 heavy (non-hydrogen) atoms. The largest absolute Gasteiger partial charge is 0.389 e. The predicted molar refractivity (Wildman–Crippen MR) is 84.7 cm³/mol. The van der Waals surface area contributed by atoms with Crippen LogP contribution in [-0.2, 0) is 17.6 Å². The van der Waals surface area contributed by atoms with Crippen LogP contribution in [0.25, 0.3) is 0 Å². The fourth-order valence-electron chi connectivity index (χ4n) is 2.77. The highest BCUT2D eigenvalue weighted by molar-refractivity contribution is 5.96. The van der Waals surface area contributed by atoms with Gasteiger partial charge < -0.3 is 15.3 Å². The van der Waals surface area contributed by atoms with Crippen LogP contribution >= 0.6 is 0 Å². The summed E-state index contributed by atoms with van der Waals surface area (Å²) in [6, 6.07) is 5.73. The highest BCUT2D eigenvalue weighted by Crippen LogP contribution is 2.22. The van der Waals surface area contributed by atoms with E-state index in [-0.39, 0.29) is 24.9 Å². The summed E-state index contributed by atoms with van der Waals surface area (Å²) >= 11 is 0. The predicted octanol–water partition coefficient (Wildman–Crippen LogP) is 1.13. The summed E-state index contributed by atoms with van der Waals surface area (Å²) in [5.74, 6) is -0.462. The second kappa shape index (κ2) is 6.48. The van der Waals surface area contributed by atoms with Gasteiger partial charge in [-0.1, -0.05) is 6.07 Å². The highest BCUT2D eigenvalue weighted by atomic mass is 16.3. The molecule has 0 spiro atoms. The number of fused-ring (bicyclic) bond motifs is 1. The number of likely N-dealkylation sites (N-methyl/N-ethyl adjacent to an activating group) is 1. The molecule has 1 aliphatic rings. The fourth-order valence-corrected chi connectivity index (χ4v) is 2.77. The molecular formula is C17H24N2O3. The quantitative estimate of drug-likeness (QED) is 0.857. The topological polar surface area (TPSA) is 69.6 Å². The molecule has 1 aromatic rings. The average Bonchev–Trinajstić information content (AvgIpc) is 2.89. The molecule has 0 saturated carbocycles. The Morgan fingerprint density at radius 2 is 1.95 bits per heavy atom. The van der Waals surface area contributed by atoms with Gasteiger partial charge in [-0.2, -0.15) is 0 Å². The summed E-state index contributed by atoms with van der Waals surface area (Å²) in [5, 5.41) is 12.3. The van der Waals surface area contributed by atoms with Crippen LogP contribution in [0.1, 0.15) is 41.8 Å². The first-order chi connectivity index (χ1) is 10.3. The maximum absolute atomic E-state index is 12.1. The molecule has 0 heterocycles. The molecule has 120 valence electrons. The van der Waals surface area contributed by atoms with E-state index in [1.807, 2.05) is 18.2 Å². The van der Waals surface area contributed by atoms with E-state index in [1.54, 1.807) is 20.9 Å². The minimum absolute atomic E-state index is 0.0670. The number of amides is 2. The van der Waals surface area contributed by atoms with Gasteiger partial charge in [-0.25, -0.2) is 0 Å². The number of carbonyl (C=O) groups excluding carboxylic acids is 2. The lowest BCUT2D eigenvalue weighted by atomic mass is 10.1. The Balaban J connectivity index is 1.88. The van der Waals surface area contributed by atoms with Crippen molar-refractivity contribution in [3.8, 4) is 0 Å². The number of nitrogens with zero attached hydrogens (tertiary/aromatic N) is 1. The molecule has 0 aromatic heterocycles. The van der Waals surface area contributed by atoms with Crippen LogP contribution in [0.4, 0.5) is 0 Å². The summed E-state index contributed by atoms with van der Waals surface area (Å²) < 4.78 is 0. The maximum atomic E-state index is 12.1. The van der Waals surface area contributed by atoms with Crippen molar-refractivity contribution in [1.82, 2.24) is 10.2 Å². The van der Waals surface area contributed by atoms with Gasteiger partial charge in [-0.15, -0.1) is 0 Å². The van der Waals surface area contributed by atoms with Crippen LogP contribution in [0.2, 0.25) is 0 Å². The van der Waals surface area contributed by atoms with E-state index in [4.69, 9.17) is 0 Å². The standard InChI is InChI=1S/C17H24N2O3/c1-17(2,22)11-19(3)15(20)10-18-16(21)14-8-7-12-5-4-6-13(12)9-14/h7-9,22H,4-6,10-11H2,1-3H3,(H,18,21). The molecule has 0 atom stereocenters. The number of aliphatic hydroxyl groups is 1. The van der Waals surface area contributed by atoms with Crippen LogP contribution in [-0.4, -0.2) is 47.6 Å². The van der Waals surface area contributed by atoms with Gasteiger partial charge in [-0.3, -0.25) is 9.59 Å². The molecule has 0 radical (unpaired) electrons.